The van der Waals surface area contributed by atoms with Crippen molar-refractivity contribution in [2.75, 3.05) is 26.2 Å². The molecule has 0 heterocycles. The molecular formula is C14H34NO6PSi. The summed E-state index contributed by atoms with van der Waals surface area (Å²) in [6.07, 6.45) is -0.802. The highest BCUT2D eigenvalue weighted by molar-refractivity contribution is 7.53. The Morgan fingerprint density at radius 2 is 1.65 bits per heavy atom. The molecule has 0 spiro atoms. The molecule has 9 heteroatoms. The minimum absolute atomic E-state index is 0.134. The summed E-state index contributed by atoms with van der Waals surface area (Å²) in [5, 5.41) is 0. The van der Waals surface area contributed by atoms with Crippen LogP contribution in [0.5, 0.6) is 0 Å². The Labute approximate surface area is 142 Å². The van der Waals surface area contributed by atoms with Gasteiger partial charge in [0.1, 0.15) is 12.5 Å². The van der Waals surface area contributed by atoms with E-state index in [-0.39, 0.29) is 24.5 Å². The van der Waals surface area contributed by atoms with E-state index in [9.17, 15) is 4.57 Å². The summed E-state index contributed by atoms with van der Waals surface area (Å²) in [6, 6.07) is 0. The van der Waals surface area contributed by atoms with Crippen molar-refractivity contribution in [1.82, 2.24) is 0 Å². The van der Waals surface area contributed by atoms with E-state index in [0.29, 0.717) is 13.2 Å². The van der Waals surface area contributed by atoms with Gasteiger partial charge in [-0.15, -0.1) is 0 Å². The molecule has 0 radical (unpaired) electrons. The van der Waals surface area contributed by atoms with Crippen LogP contribution in [-0.2, 0) is 27.6 Å². The van der Waals surface area contributed by atoms with Crippen molar-refractivity contribution in [1.29, 1.82) is 0 Å². The maximum Gasteiger partial charge on any atom is 0.356 e. The number of nitrogens with two attached hydrogens (primary N) is 1. The molecule has 0 fully saturated rings. The molecule has 7 nitrogen and oxygen atoms in total. The average molecular weight is 371 g/mol. The zero-order chi connectivity index (χ0) is 18.1. The monoisotopic (exact) mass is 371 g/mol. The second-order valence-electron chi connectivity index (χ2n) is 6.59. The molecule has 0 aromatic carbocycles. The zero-order valence-corrected chi connectivity index (χ0v) is 17.6. The summed E-state index contributed by atoms with van der Waals surface area (Å²) < 4.78 is 34.3. The fourth-order valence-corrected chi connectivity index (χ4v) is 4.64. The van der Waals surface area contributed by atoms with Crippen LogP contribution >= 0.6 is 7.60 Å². The molecule has 2 atom stereocenters. The van der Waals surface area contributed by atoms with Gasteiger partial charge in [-0.05, 0) is 32.4 Å². The van der Waals surface area contributed by atoms with Crippen LogP contribution in [0.15, 0.2) is 0 Å². The van der Waals surface area contributed by atoms with E-state index in [1.54, 1.807) is 13.8 Å². The van der Waals surface area contributed by atoms with Crippen LogP contribution in [0.2, 0.25) is 13.1 Å². The smallest absolute Gasteiger partial charge is 0.356 e. The standard InChI is InChI=1S/C14H34NO6PSi/c1-8-18-22(16,19-9-2)11-17-10-12(20-15)13(14(3,4)5)21-23(6)7/h12-13,23H,8-11,15H2,1-7H3. The highest BCUT2D eigenvalue weighted by atomic mass is 31.2. The lowest BCUT2D eigenvalue weighted by Gasteiger charge is -2.37. The van der Waals surface area contributed by atoms with Crippen molar-refractivity contribution in [2.45, 2.75) is 59.9 Å². The lowest BCUT2D eigenvalue weighted by atomic mass is 9.86. The van der Waals surface area contributed by atoms with Gasteiger partial charge >= 0.3 is 7.60 Å². The molecule has 0 saturated heterocycles. The normalized spacial score (nSPS) is 15.9. The topological polar surface area (TPSA) is 89.2 Å². The van der Waals surface area contributed by atoms with Crippen LogP contribution in [0.3, 0.4) is 0 Å². The van der Waals surface area contributed by atoms with E-state index < -0.39 is 22.7 Å². The summed E-state index contributed by atoms with van der Waals surface area (Å²) in [6.45, 7) is 14.6. The number of rotatable bonds is 12. The first-order chi connectivity index (χ1) is 10.6. The van der Waals surface area contributed by atoms with Crippen LogP contribution in [0, 0.1) is 5.41 Å². The molecule has 0 aromatic heterocycles. The van der Waals surface area contributed by atoms with Gasteiger partial charge in [-0.3, -0.25) is 9.40 Å². The fourth-order valence-electron chi connectivity index (χ4n) is 2.13. The SMILES string of the molecule is CCOP(=O)(COCC(ON)C(O[SiH](C)C)C(C)(C)C)OCC. The quantitative estimate of drug-likeness (QED) is 0.320. The van der Waals surface area contributed by atoms with Crippen molar-refractivity contribution in [3.8, 4) is 0 Å². The van der Waals surface area contributed by atoms with Gasteiger partial charge in [0.2, 0.25) is 0 Å². The maximum absolute atomic E-state index is 12.4. The first-order valence-corrected chi connectivity index (χ1v) is 12.6. The van der Waals surface area contributed by atoms with Gasteiger partial charge in [-0.25, -0.2) is 5.90 Å². The molecule has 2 unspecified atom stereocenters. The summed E-state index contributed by atoms with van der Waals surface area (Å²) in [4.78, 5) is 5.08. The van der Waals surface area contributed by atoms with Crippen molar-refractivity contribution >= 4 is 16.6 Å². The van der Waals surface area contributed by atoms with Crippen LogP contribution in [0.1, 0.15) is 34.6 Å². The Kier molecular flexibility index (Phi) is 11.0. The van der Waals surface area contributed by atoms with Gasteiger partial charge in [-0.1, -0.05) is 20.8 Å². The zero-order valence-electron chi connectivity index (χ0n) is 15.5. The lowest BCUT2D eigenvalue weighted by molar-refractivity contribution is -0.102. The minimum atomic E-state index is -3.24. The fraction of sp³-hybridized carbons (Fsp3) is 1.00. The highest BCUT2D eigenvalue weighted by Gasteiger charge is 2.35. The van der Waals surface area contributed by atoms with Crippen molar-refractivity contribution < 1.29 is 27.6 Å². The number of hydrogen-bond acceptors (Lipinski definition) is 7. The minimum Gasteiger partial charge on any atom is -0.414 e. The van der Waals surface area contributed by atoms with Gasteiger partial charge in [-0.2, -0.15) is 0 Å². The van der Waals surface area contributed by atoms with Crippen LogP contribution in [0.4, 0.5) is 0 Å². The van der Waals surface area contributed by atoms with Crippen molar-refractivity contribution in [2.24, 2.45) is 11.3 Å². The van der Waals surface area contributed by atoms with Crippen molar-refractivity contribution in [3.05, 3.63) is 0 Å². The Morgan fingerprint density at radius 1 is 1.13 bits per heavy atom. The summed E-state index contributed by atoms with van der Waals surface area (Å²) in [5.41, 5.74) is -0.159. The third-order valence-corrected chi connectivity index (χ3v) is 5.61. The highest BCUT2D eigenvalue weighted by Crippen LogP contribution is 2.47. The molecule has 0 amide bonds. The van der Waals surface area contributed by atoms with Crippen LogP contribution < -0.4 is 5.90 Å². The predicted molar refractivity (Wildman–Crippen MR) is 93.9 cm³/mol. The second kappa shape index (κ2) is 10.9. The second-order valence-corrected chi connectivity index (χ2v) is 11.0. The summed E-state index contributed by atoms with van der Waals surface area (Å²) >= 11 is 0. The molecule has 0 aliphatic carbocycles. The van der Waals surface area contributed by atoms with E-state index >= 15 is 0 Å². The predicted octanol–water partition coefficient (Wildman–Crippen LogP) is 2.90. The number of ether oxygens (including phenoxy) is 1. The molecule has 2 N–H and O–H groups in total. The Bertz CT molecular complexity index is 354. The molecule has 0 aromatic rings. The van der Waals surface area contributed by atoms with Gasteiger partial charge in [0, 0.05) is 0 Å². The van der Waals surface area contributed by atoms with Gasteiger partial charge < -0.3 is 18.2 Å². The molecule has 0 aliphatic heterocycles. The molecular weight excluding hydrogens is 337 g/mol. The van der Waals surface area contributed by atoms with Crippen LogP contribution in [0.25, 0.3) is 0 Å². The molecule has 0 aliphatic rings. The molecule has 23 heavy (non-hydrogen) atoms. The third-order valence-electron chi connectivity index (χ3n) is 2.97. The Hall–Kier alpha value is 0.207. The molecule has 0 rings (SSSR count). The Morgan fingerprint density at radius 3 is 2.00 bits per heavy atom. The third kappa shape index (κ3) is 9.31. The first-order valence-electron chi connectivity index (χ1n) is 8.06. The van der Waals surface area contributed by atoms with Gasteiger partial charge in [0.05, 0.1) is 25.9 Å². The van der Waals surface area contributed by atoms with Crippen molar-refractivity contribution in [3.63, 3.8) is 0 Å². The summed E-state index contributed by atoms with van der Waals surface area (Å²) in [7, 11) is -4.52. The number of hydrogen-bond donors (Lipinski definition) is 1. The Balaban J connectivity index is 4.76. The first kappa shape index (κ1) is 23.2. The molecule has 140 valence electrons. The van der Waals surface area contributed by atoms with Gasteiger partial charge in [0.25, 0.3) is 0 Å². The van der Waals surface area contributed by atoms with E-state index in [0.717, 1.165) is 0 Å². The maximum atomic E-state index is 12.4. The summed E-state index contributed by atoms with van der Waals surface area (Å²) in [5.74, 6) is 5.44. The van der Waals surface area contributed by atoms with Gasteiger partial charge in [0.15, 0.2) is 9.04 Å². The average Bonchev–Trinajstić information content (AvgIpc) is 2.41. The van der Waals surface area contributed by atoms with E-state index in [4.69, 9.17) is 28.9 Å². The van der Waals surface area contributed by atoms with E-state index in [1.807, 2.05) is 0 Å². The largest absolute Gasteiger partial charge is 0.414 e. The van der Waals surface area contributed by atoms with Crippen LogP contribution in [-0.4, -0.2) is 47.4 Å². The van der Waals surface area contributed by atoms with E-state index in [1.165, 1.54) is 0 Å². The van der Waals surface area contributed by atoms with E-state index in [2.05, 4.69) is 33.9 Å². The lowest BCUT2D eigenvalue weighted by Crippen LogP contribution is -2.47. The molecule has 0 bridgehead atoms. The molecule has 0 saturated carbocycles.